The van der Waals surface area contributed by atoms with Crippen LogP contribution in [0.5, 0.6) is 5.75 Å². The van der Waals surface area contributed by atoms with Gasteiger partial charge in [-0.25, -0.2) is 4.98 Å². The van der Waals surface area contributed by atoms with Crippen LogP contribution in [0, 0.1) is 5.92 Å². The SMILES string of the molecule is CCOc1ccc2nc(SCC(=O)N[C@@H](C)CCC(C)C)[nH]c2c1. The van der Waals surface area contributed by atoms with E-state index in [0.717, 1.165) is 34.8 Å². The molecule has 0 unspecified atom stereocenters. The molecule has 1 aromatic heterocycles. The van der Waals surface area contributed by atoms with Crippen molar-refractivity contribution in [3.05, 3.63) is 18.2 Å². The molecule has 6 heteroatoms. The van der Waals surface area contributed by atoms with Crippen LogP contribution in [-0.4, -0.2) is 34.3 Å². The molecule has 0 aliphatic heterocycles. The number of hydrogen-bond donors (Lipinski definition) is 2. The monoisotopic (exact) mass is 349 g/mol. The minimum absolute atomic E-state index is 0.0479. The zero-order valence-electron chi connectivity index (χ0n) is 14.9. The van der Waals surface area contributed by atoms with Crippen LogP contribution in [0.25, 0.3) is 11.0 Å². The van der Waals surface area contributed by atoms with Crippen molar-refractivity contribution < 1.29 is 9.53 Å². The fraction of sp³-hybridized carbons (Fsp3) is 0.556. The van der Waals surface area contributed by atoms with Crippen molar-refractivity contribution in [1.29, 1.82) is 0 Å². The first kappa shape index (κ1) is 18.6. The molecule has 132 valence electrons. The van der Waals surface area contributed by atoms with Gasteiger partial charge in [-0.3, -0.25) is 4.79 Å². The minimum atomic E-state index is 0.0479. The summed E-state index contributed by atoms with van der Waals surface area (Å²) < 4.78 is 5.49. The molecule has 0 spiro atoms. The van der Waals surface area contributed by atoms with Gasteiger partial charge in [0, 0.05) is 12.1 Å². The Kier molecular flexibility index (Phi) is 6.97. The number of aromatic amines is 1. The number of benzene rings is 1. The molecule has 5 nitrogen and oxygen atoms in total. The van der Waals surface area contributed by atoms with Gasteiger partial charge in [0.05, 0.1) is 23.4 Å². The normalized spacial score (nSPS) is 12.5. The van der Waals surface area contributed by atoms with Crippen LogP contribution < -0.4 is 10.1 Å². The lowest BCUT2D eigenvalue weighted by Gasteiger charge is -2.14. The molecule has 1 aromatic carbocycles. The molecule has 1 amide bonds. The molecule has 0 saturated heterocycles. The molecular weight excluding hydrogens is 322 g/mol. The molecular formula is C18H27N3O2S. The Bertz CT molecular complexity index is 669. The fourth-order valence-electron chi connectivity index (χ4n) is 2.40. The molecule has 24 heavy (non-hydrogen) atoms. The number of rotatable bonds is 9. The number of imidazole rings is 1. The molecule has 2 rings (SSSR count). The highest BCUT2D eigenvalue weighted by atomic mass is 32.2. The summed E-state index contributed by atoms with van der Waals surface area (Å²) in [6, 6.07) is 5.98. The number of fused-ring (bicyclic) bond motifs is 1. The van der Waals surface area contributed by atoms with Crippen LogP contribution in [0.4, 0.5) is 0 Å². The van der Waals surface area contributed by atoms with E-state index < -0.39 is 0 Å². The Balaban J connectivity index is 1.85. The second kappa shape index (κ2) is 8.97. The first-order valence-electron chi connectivity index (χ1n) is 8.52. The van der Waals surface area contributed by atoms with Crippen molar-refractivity contribution in [2.45, 2.75) is 51.7 Å². The summed E-state index contributed by atoms with van der Waals surface area (Å²) in [4.78, 5) is 19.8. The predicted molar refractivity (Wildman–Crippen MR) is 99.7 cm³/mol. The summed E-state index contributed by atoms with van der Waals surface area (Å²) in [5.74, 6) is 1.90. The highest BCUT2D eigenvalue weighted by molar-refractivity contribution is 7.99. The lowest BCUT2D eigenvalue weighted by molar-refractivity contribution is -0.119. The van der Waals surface area contributed by atoms with Crippen molar-refractivity contribution in [3.8, 4) is 5.75 Å². The zero-order chi connectivity index (χ0) is 17.5. The van der Waals surface area contributed by atoms with E-state index in [1.54, 1.807) is 0 Å². The maximum absolute atomic E-state index is 12.0. The van der Waals surface area contributed by atoms with Crippen molar-refractivity contribution in [3.63, 3.8) is 0 Å². The summed E-state index contributed by atoms with van der Waals surface area (Å²) in [6.07, 6.45) is 2.14. The third kappa shape index (κ3) is 5.74. The topological polar surface area (TPSA) is 67.0 Å². The van der Waals surface area contributed by atoms with Crippen LogP contribution in [0.15, 0.2) is 23.4 Å². The average Bonchev–Trinajstić information content (AvgIpc) is 2.93. The van der Waals surface area contributed by atoms with E-state index in [4.69, 9.17) is 4.74 Å². The van der Waals surface area contributed by atoms with Gasteiger partial charge >= 0.3 is 0 Å². The number of hydrogen-bond acceptors (Lipinski definition) is 4. The van der Waals surface area contributed by atoms with Crippen LogP contribution in [0.1, 0.15) is 40.5 Å². The Morgan fingerprint density at radius 3 is 2.83 bits per heavy atom. The highest BCUT2D eigenvalue weighted by Gasteiger charge is 2.11. The number of thioether (sulfide) groups is 1. The number of aromatic nitrogens is 2. The van der Waals surface area contributed by atoms with E-state index in [-0.39, 0.29) is 11.9 Å². The number of nitrogens with zero attached hydrogens (tertiary/aromatic N) is 1. The molecule has 2 N–H and O–H groups in total. The Labute approximate surface area is 148 Å². The molecule has 0 aliphatic rings. The van der Waals surface area contributed by atoms with Crippen LogP contribution in [0.2, 0.25) is 0 Å². The molecule has 1 heterocycles. The van der Waals surface area contributed by atoms with Crippen molar-refractivity contribution in [2.75, 3.05) is 12.4 Å². The Morgan fingerprint density at radius 2 is 2.12 bits per heavy atom. The van der Waals surface area contributed by atoms with E-state index in [0.29, 0.717) is 18.3 Å². The van der Waals surface area contributed by atoms with Crippen LogP contribution >= 0.6 is 11.8 Å². The van der Waals surface area contributed by atoms with Gasteiger partial charge in [-0.15, -0.1) is 0 Å². The van der Waals surface area contributed by atoms with E-state index in [9.17, 15) is 4.79 Å². The smallest absolute Gasteiger partial charge is 0.230 e. The number of nitrogens with one attached hydrogen (secondary N) is 2. The second-order valence-corrected chi connectivity index (χ2v) is 7.35. The van der Waals surface area contributed by atoms with Crippen molar-refractivity contribution in [1.82, 2.24) is 15.3 Å². The number of H-pyrrole nitrogens is 1. The minimum Gasteiger partial charge on any atom is -0.494 e. The molecule has 0 saturated carbocycles. The van der Waals surface area contributed by atoms with Crippen LogP contribution in [-0.2, 0) is 4.79 Å². The summed E-state index contributed by atoms with van der Waals surface area (Å²) in [6.45, 7) is 9.04. The van der Waals surface area contributed by atoms with Gasteiger partial charge in [-0.2, -0.15) is 0 Å². The van der Waals surface area contributed by atoms with Gasteiger partial charge < -0.3 is 15.0 Å². The molecule has 0 radical (unpaired) electrons. The first-order valence-corrected chi connectivity index (χ1v) is 9.51. The lowest BCUT2D eigenvalue weighted by Crippen LogP contribution is -2.34. The standard InChI is InChI=1S/C18H27N3O2S/c1-5-23-14-8-9-15-16(10-14)21-18(20-15)24-11-17(22)19-13(4)7-6-12(2)3/h8-10,12-13H,5-7,11H2,1-4H3,(H,19,22)(H,20,21)/t13-/m0/s1. The summed E-state index contributed by atoms with van der Waals surface area (Å²) in [7, 11) is 0. The van der Waals surface area contributed by atoms with Gasteiger partial charge in [0.1, 0.15) is 5.75 Å². The van der Waals surface area contributed by atoms with Gasteiger partial charge in [-0.05, 0) is 44.7 Å². The molecule has 2 aromatic rings. The Hall–Kier alpha value is -1.69. The maximum atomic E-state index is 12.0. The highest BCUT2D eigenvalue weighted by Crippen LogP contribution is 2.23. The second-order valence-electron chi connectivity index (χ2n) is 6.38. The third-order valence-electron chi connectivity index (χ3n) is 3.67. The van der Waals surface area contributed by atoms with E-state index in [2.05, 4.69) is 36.1 Å². The van der Waals surface area contributed by atoms with Gasteiger partial charge in [0.25, 0.3) is 0 Å². The molecule has 0 aliphatic carbocycles. The van der Waals surface area contributed by atoms with Gasteiger partial charge in [-0.1, -0.05) is 25.6 Å². The summed E-state index contributed by atoms with van der Waals surface area (Å²) >= 11 is 1.42. The first-order chi connectivity index (χ1) is 11.5. The summed E-state index contributed by atoms with van der Waals surface area (Å²) in [5.41, 5.74) is 1.81. The number of carbonyl (C=O) groups excluding carboxylic acids is 1. The molecule has 0 fully saturated rings. The quantitative estimate of drug-likeness (QED) is 0.672. The van der Waals surface area contributed by atoms with Gasteiger partial charge in [0.2, 0.25) is 5.91 Å². The van der Waals surface area contributed by atoms with Crippen LogP contribution in [0.3, 0.4) is 0 Å². The van der Waals surface area contributed by atoms with E-state index in [1.807, 2.05) is 25.1 Å². The lowest BCUT2D eigenvalue weighted by atomic mass is 10.0. The fourth-order valence-corrected chi connectivity index (χ4v) is 3.09. The summed E-state index contributed by atoms with van der Waals surface area (Å²) in [5, 5.41) is 3.80. The third-order valence-corrected chi connectivity index (χ3v) is 4.54. The largest absolute Gasteiger partial charge is 0.494 e. The molecule has 1 atom stereocenters. The average molecular weight is 350 g/mol. The Morgan fingerprint density at radius 1 is 1.33 bits per heavy atom. The van der Waals surface area contributed by atoms with Crippen molar-refractivity contribution >= 4 is 28.7 Å². The van der Waals surface area contributed by atoms with E-state index in [1.165, 1.54) is 11.8 Å². The van der Waals surface area contributed by atoms with Gasteiger partial charge in [0.15, 0.2) is 5.16 Å². The maximum Gasteiger partial charge on any atom is 0.230 e. The zero-order valence-corrected chi connectivity index (χ0v) is 15.7. The number of ether oxygens (including phenoxy) is 1. The van der Waals surface area contributed by atoms with Crippen molar-refractivity contribution in [2.24, 2.45) is 5.92 Å². The predicted octanol–water partition coefficient (Wildman–Crippen LogP) is 3.99. The number of carbonyl (C=O) groups is 1. The molecule has 0 bridgehead atoms. The van der Waals surface area contributed by atoms with E-state index >= 15 is 0 Å². The number of amides is 1.